The van der Waals surface area contributed by atoms with E-state index in [4.69, 9.17) is 4.74 Å². The Hall–Kier alpha value is -0.810. The van der Waals surface area contributed by atoms with Crippen LogP contribution in [0.3, 0.4) is 0 Å². The number of rotatable bonds is 4. The molecule has 4 aliphatic rings. The molecule has 3 nitrogen and oxygen atoms in total. The smallest absolute Gasteiger partial charge is 0.244 e. The van der Waals surface area contributed by atoms with E-state index in [1.54, 1.807) is 13.2 Å². The van der Waals surface area contributed by atoms with E-state index in [1.807, 2.05) is 18.2 Å². The molecular weight excluding hydrogens is 446 g/mol. The Labute approximate surface area is 165 Å². The minimum atomic E-state index is 0.00984. The Bertz CT molecular complexity index is 688. The van der Waals surface area contributed by atoms with Crippen LogP contribution in [0.15, 0.2) is 27.2 Å². The number of methoxy groups -OCH3 is 1. The number of ether oxygens (including phenoxy) is 1. The van der Waals surface area contributed by atoms with Gasteiger partial charge >= 0.3 is 0 Å². The van der Waals surface area contributed by atoms with Gasteiger partial charge in [0.2, 0.25) is 5.91 Å². The maximum absolute atomic E-state index is 12.5. The molecule has 0 unspecified atom stereocenters. The van der Waals surface area contributed by atoms with Crippen LogP contribution >= 0.6 is 31.9 Å². The van der Waals surface area contributed by atoms with Crippen LogP contribution < -0.4 is 10.1 Å². The summed E-state index contributed by atoms with van der Waals surface area (Å²) in [6.07, 6.45) is 10.2. The Balaban J connectivity index is 1.45. The lowest BCUT2D eigenvalue weighted by atomic mass is 9.54. The van der Waals surface area contributed by atoms with E-state index in [0.717, 1.165) is 32.1 Å². The zero-order valence-electron chi connectivity index (χ0n) is 14.3. The van der Waals surface area contributed by atoms with Crippen molar-refractivity contribution < 1.29 is 9.53 Å². The summed E-state index contributed by atoms with van der Waals surface area (Å²) in [5.74, 6) is 3.99. The molecule has 25 heavy (non-hydrogen) atoms. The molecule has 4 fully saturated rings. The number of amides is 1. The van der Waals surface area contributed by atoms with Crippen LogP contribution in [0.25, 0.3) is 6.08 Å². The standard InChI is InChI=1S/C20H23Br2NO2/c1-25-20-13(9-16(21)10-17(20)22)2-3-18(24)23-19-14-5-11-4-12(7-14)8-15(19)6-11/h2-3,9-12,14-15,19H,4-8H2,1H3,(H,23,24)/b3-2+. The first-order chi connectivity index (χ1) is 12.0. The second-order valence-corrected chi connectivity index (χ2v) is 9.58. The van der Waals surface area contributed by atoms with E-state index in [1.165, 1.54) is 32.1 Å². The molecule has 4 aliphatic carbocycles. The highest BCUT2D eigenvalue weighted by Gasteiger charge is 2.48. The van der Waals surface area contributed by atoms with Gasteiger partial charge in [0.15, 0.2) is 0 Å². The third-order valence-electron chi connectivity index (χ3n) is 6.19. The summed E-state index contributed by atoms with van der Waals surface area (Å²) < 4.78 is 7.25. The Morgan fingerprint density at radius 2 is 1.76 bits per heavy atom. The molecule has 0 heterocycles. The number of nitrogens with one attached hydrogen (secondary N) is 1. The molecule has 0 saturated heterocycles. The van der Waals surface area contributed by atoms with Gasteiger partial charge in [0, 0.05) is 22.2 Å². The van der Waals surface area contributed by atoms with Crippen molar-refractivity contribution >= 4 is 43.8 Å². The summed E-state index contributed by atoms with van der Waals surface area (Å²) >= 11 is 6.98. The van der Waals surface area contributed by atoms with E-state index >= 15 is 0 Å². The maximum Gasteiger partial charge on any atom is 0.244 e. The summed E-state index contributed by atoms with van der Waals surface area (Å²) in [4.78, 5) is 12.5. The fourth-order valence-corrected chi connectivity index (χ4v) is 6.88. The number of carbonyl (C=O) groups excluding carboxylic acids is 1. The molecule has 1 amide bonds. The van der Waals surface area contributed by atoms with Gasteiger partial charge in [0.25, 0.3) is 0 Å². The largest absolute Gasteiger partial charge is 0.495 e. The number of hydrogen-bond acceptors (Lipinski definition) is 2. The van der Waals surface area contributed by atoms with E-state index in [2.05, 4.69) is 37.2 Å². The first-order valence-corrected chi connectivity index (χ1v) is 10.6. The Morgan fingerprint density at radius 1 is 1.12 bits per heavy atom. The van der Waals surface area contributed by atoms with E-state index in [0.29, 0.717) is 17.9 Å². The minimum Gasteiger partial charge on any atom is -0.495 e. The molecular formula is C20H23Br2NO2. The average Bonchev–Trinajstić information content (AvgIpc) is 2.55. The second-order valence-electron chi connectivity index (χ2n) is 7.81. The van der Waals surface area contributed by atoms with Crippen molar-refractivity contribution in [1.82, 2.24) is 5.32 Å². The molecule has 4 bridgehead atoms. The molecule has 0 aromatic heterocycles. The number of hydrogen-bond donors (Lipinski definition) is 1. The molecule has 0 atom stereocenters. The summed E-state index contributed by atoms with van der Waals surface area (Å²) in [6.45, 7) is 0. The van der Waals surface area contributed by atoms with Crippen molar-refractivity contribution in [3.8, 4) is 5.75 Å². The third-order valence-corrected chi connectivity index (χ3v) is 7.24. The van der Waals surface area contributed by atoms with Crippen molar-refractivity contribution in [1.29, 1.82) is 0 Å². The molecule has 5 rings (SSSR count). The van der Waals surface area contributed by atoms with Crippen molar-refractivity contribution in [3.05, 3.63) is 32.7 Å². The maximum atomic E-state index is 12.5. The van der Waals surface area contributed by atoms with E-state index in [9.17, 15) is 4.79 Å². The Kier molecular flexibility index (Phi) is 4.98. The van der Waals surface area contributed by atoms with Gasteiger partial charge in [-0.05, 0) is 89.9 Å². The lowest BCUT2D eigenvalue weighted by molar-refractivity contribution is -0.120. The minimum absolute atomic E-state index is 0.00984. The molecule has 0 radical (unpaired) electrons. The molecule has 4 saturated carbocycles. The highest BCUT2D eigenvalue weighted by Crippen LogP contribution is 2.53. The van der Waals surface area contributed by atoms with Gasteiger partial charge in [-0.1, -0.05) is 15.9 Å². The lowest BCUT2D eigenvalue weighted by Gasteiger charge is -2.54. The molecule has 0 aliphatic heterocycles. The second kappa shape index (κ2) is 7.07. The molecule has 1 N–H and O–H groups in total. The van der Waals surface area contributed by atoms with Crippen molar-refractivity contribution in [3.63, 3.8) is 0 Å². The molecule has 1 aromatic rings. The predicted molar refractivity (Wildman–Crippen MR) is 106 cm³/mol. The highest BCUT2D eigenvalue weighted by atomic mass is 79.9. The first-order valence-electron chi connectivity index (χ1n) is 9.05. The molecule has 0 spiro atoms. The molecule has 1 aromatic carbocycles. The van der Waals surface area contributed by atoms with Crippen LogP contribution in [0.5, 0.6) is 5.75 Å². The van der Waals surface area contributed by atoms with Crippen LogP contribution in [0.1, 0.15) is 37.7 Å². The lowest BCUT2D eigenvalue weighted by Crippen LogP contribution is -2.55. The van der Waals surface area contributed by atoms with Gasteiger partial charge in [0.05, 0.1) is 11.6 Å². The number of benzene rings is 1. The quantitative estimate of drug-likeness (QED) is 0.618. The van der Waals surface area contributed by atoms with Gasteiger partial charge in [-0.25, -0.2) is 0 Å². The van der Waals surface area contributed by atoms with Gasteiger partial charge in [0.1, 0.15) is 5.75 Å². The highest BCUT2D eigenvalue weighted by molar-refractivity contribution is 9.11. The van der Waals surface area contributed by atoms with Gasteiger partial charge < -0.3 is 10.1 Å². The van der Waals surface area contributed by atoms with Crippen molar-refractivity contribution in [2.24, 2.45) is 23.7 Å². The Morgan fingerprint density at radius 3 is 2.36 bits per heavy atom. The van der Waals surface area contributed by atoms with Crippen LogP contribution in [0.2, 0.25) is 0 Å². The number of carbonyl (C=O) groups is 1. The fraction of sp³-hybridized carbons (Fsp3) is 0.550. The zero-order valence-corrected chi connectivity index (χ0v) is 17.5. The van der Waals surface area contributed by atoms with Gasteiger partial charge in [-0.15, -0.1) is 0 Å². The van der Waals surface area contributed by atoms with Crippen molar-refractivity contribution in [2.45, 2.75) is 38.1 Å². The summed E-state index contributed by atoms with van der Waals surface area (Å²) in [5, 5.41) is 3.31. The summed E-state index contributed by atoms with van der Waals surface area (Å²) in [7, 11) is 1.64. The van der Waals surface area contributed by atoms with Crippen LogP contribution in [0, 0.1) is 23.7 Å². The normalized spacial score (nSPS) is 33.0. The first kappa shape index (κ1) is 17.6. The summed E-state index contributed by atoms with van der Waals surface area (Å²) in [5.41, 5.74) is 0.879. The molecule has 134 valence electrons. The third kappa shape index (κ3) is 3.55. The van der Waals surface area contributed by atoms with E-state index in [-0.39, 0.29) is 5.91 Å². The molecule has 5 heteroatoms. The van der Waals surface area contributed by atoms with E-state index < -0.39 is 0 Å². The van der Waals surface area contributed by atoms with Gasteiger partial charge in [-0.2, -0.15) is 0 Å². The van der Waals surface area contributed by atoms with Crippen LogP contribution in [-0.4, -0.2) is 19.1 Å². The van der Waals surface area contributed by atoms with Crippen LogP contribution in [0.4, 0.5) is 0 Å². The summed E-state index contributed by atoms with van der Waals surface area (Å²) in [6, 6.07) is 4.27. The average molecular weight is 469 g/mol. The monoisotopic (exact) mass is 467 g/mol. The number of halogens is 2. The SMILES string of the molecule is COc1c(Br)cc(Br)cc1/C=C/C(=O)NC1C2CC3CC(C2)CC1C3. The topological polar surface area (TPSA) is 38.3 Å². The van der Waals surface area contributed by atoms with Crippen LogP contribution in [-0.2, 0) is 4.79 Å². The fourth-order valence-electron chi connectivity index (χ4n) is 5.46. The predicted octanol–water partition coefficient (Wildman–Crippen LogP) is 5.17. The zero-order chi connectivity index (χ0) is 17.6. The van der Waals surface area contributed by atoms with Crippen molar-refractivity contribution in [2.75, 3.05) is 7.11 Å². The van der Waals surface area contributed by atoms with Gasteiger partial charge in [-0.3, -0.25) is 4.79 Å².